The van der Waals surface area contributed by atoms with Crippen LogP contribution in [0.3, 0.4) is 0 Å². The van der Waals surface area contributed by atoms with Crippen molar-refractivity contribution < 1.29 is 0 Å². The third-order valence-corrected chi connectivity index (χ3v) is 4.36. The Morgan fingerprint density at radius 3 is 2.67 bits per heavy atom. The smallest absolute Gasteiger partial charge is 0.0511 e. The fourth-order valence-corrected chi connectivity index (χ4v) is 3.17. The molecule has 0 saturated heterocycles. The van der Waals surface area contributed by atoms with Crippen LogP contribution >= 0.6 is 34.5 Å². The van der Waals surface area contributed by atoms with Gasteiger partial charge in [0.25, 0.3) is 0 Å². The Balaban J connectivity index is 2.23. The molecular weight excluding hydrogens is 287 g/mol. The van der Waals surface area contributed by atoms with E-state index in [9.17, 15) is 0 Å². The Morgan fingerprint density at radius 2 is 2.11 bits per heavy atom. The van der Waals surface area contributed by atoms with Gasteiger partial charge in [-0.3, -0.25) is 11.3 Å². The van der Waals surface area contributed by atoms with Crippen molar-refractivity contribution in [3.63, 3.8) is 0 Å². The van der Waals surface area contributed by atoms with Gasteiger partial charge in [0.2, 0.25) is 0 Å². The molecule has 1 unspecified atom stereocenters. The second kappa shape index (κ2) is 6.04. The van der Waals surface area contributed by atoms with Crippen molar-refractivity contribution in [1.82, 2.24) is 5.43 Å². The predicted molar refractivity (Wildman–Crippen MR) is 79.3 cm³/mol. The summed E-state index contributed by atoms with van der Waals surface area (Å²) < 4.78 is 0. The molecule has 0 aliphatic carbocycles. The van der Waals surface area contributed by atoms with E-state index in [1.807, 2.05) is 12.1 Å². The van der Waals surface area contributed by atoms with Crippen LogP contribution in [0, 0.1) is 6.92 Å². The quantitative estimate of drug-likeness (QED) is 0.659. The largest absolute Gasteiger partial charge is 0.271 e. The maximum atomic E-state index is 6.18. The molecular formula is C13H14Cl2N2S. The molecule has 2 nitrogen and oxygen atoms in total. The summed E-state index contributed by atoms with van der Waals surface area (Å²) in [5.74, 6) is 5.65. The summed E-state index contributed by atoms with van der Waals surface area (Å²) in [6, 6.07) is 7.70. The van der Waals surface area contributed by atoms with Crippen molar-refractivity contribution in [3.8, 4) is 0 Å². The molecule has 0 bridgehead atoms. The molecule has 3 N–H and O–H groups in total. The number of aryl methyl sites for hydroxylation is 1. The number of hydrogen-bond donors (Lipinski definition) is 2. The first-order valence-electron chi connectivity index (χ1n) is 5.56. The van der Waals surface area contributed by atoms with Crippen LogP contribution in [0.15, 0.2) is 29.6 Å². The number of halogens is 2. The molecule has 2 rings (SSSR count). The lowest BCUT2D eigenvalue weighted by Gasteiger charge is -2.17. The minimum absolute atomic E-state index is 0.0647. The molecule has 5 heteroatoms. The number of nitrogens with two attached hydrogens (primary N) is 1. The van der Waals surface area contributed by atoms with E-state index in [4.69, 9.17) is 29.0 Å². The zero-order valence-electron chi connectivity index (χ0n) is 9.91. The number of hydrazine groups is 1. The van der Waals surface area contributed by atoms with Gasteiger partial charge in [0.05, 0.1) is 6.04 Å². The van der Waals surface area contributed by atoms with E-state index < -0.39 is 0 Å². The first-order valence-corrected chi connectivity index (χ1v) is 7.19. The highest BCUT2D eigenvalue weighted by Gasteiger charge is 2.15. The van der Waals surface area contributed by atoms with Gasteiger partial charge in [-0.05, 0) is 48.1 Å². The van der Waals surface area contributed by atoms with E-state index in [2.05, 4.69) is 23.8 Å². The van der Waals surface area contributed by atoms with Gasteiger partial charge in [-0.1, -0.05) is 29.3 Å². The van der Waals surface area contributed by atoms with E-state index in [0.29, 0.717) is 10.0 Å². The van der Waals surface area contributed by atoms with E-state index >= 15 is 0 Å². The van der Waals surface area contributed by atoms with Crippen molar-refractivity contribution in [2.45, 2.75) is 19.4 Å². The molecule has 0 radical (unpaired) electrons. The fourth-order valence-electron chi connectivity index (χ4n) is 1.92. The lowest BCUT2D eigenvalue weighted by atomic mass is 10.00. The van der Waals surface area contributed by atoms with Crippen LogP contribution < -0.4 is 11.3 Å². The maximum absolute atomic E-state index is 6.18. The Hall–Kier alpha value is -0.580. The summed E-state index contributed by atoms with van der Waals surface area (Å²) >= 11 is 13.8. The highest BCUT2D eigenvalue weighted by atomic mass is 35.5. The maximum Gasteiger partial charge on any atom is 0.0511 e. The summed E-state index contributed by atoms with van der Waals surface area (Å²) in [5.41, 5.74) is 5.10. The standard InChI is InChI=1S/C13H14Cl2N2S/c1-8-11(4-5-18-8)13(17-16)6-9-2-3-10(14)7-12(9)15/h2-5,7,13,17H,6,16H2,1H3. The van der Waals surface area contributed by atoms with Crippen LogP contribution in [-0.2, 0) is 6.42 Å². The number of nitrogens with one attached hydrogen (secondary N) is 1. The third-order valence-electron chi connectivity index (χ3n) is 2.91. The summed E-state index contributed by atoms with van der Waals surface area (Å²) in [6.07, 6.45) is 0.740. The van der Waals surface area contributed by atoms with Crippen molar-refractivity contribution in [3.05, 3.63) is 55.7 Å². The third kappa shape index (κ3) is 3.05. The molecule has 96 valence electrons. The number of thiophene rings is 1. The first-order chi connectivity index (χ1) is 8.61. The van der Waals surface area contributed by atoms with Gasteiger partial charge in [-0.2, -0.15) is 0 Å². The topological polar surface area (TPSA) is 38.0 Å². The van der Waals surface area contributed by atoms with Crippen LogP contribution in [0.1, 0.15) is 22.0 Å². The summed E-state index contributed by atoms with van der Waals surface area (Å²) in [7, 11) is 0. The minimum atomic E-state index is 0.0647. The SMILES string of the molecule is Cc1sccc1C(Cc1ccc(Cl)cc1Cl)NN. The molecule has 0 aliphatic heterocycles. The highest BCUT2D eigenvalue weighted by Crippen LogP contribution is 2.28. The summed E-state index contributed by atoms with van der Waals surface area (Å²) in [4.78, 5) is 1.27. The zero-order chi connectivity index (χ0) is 13.1. The van der Waals surface area contributed by atoms with Gasteiger partial charge in [0.15, 0.2) is 0 Å². The molecule has 18 heavy (non-hydrogen) atoms. The van der Waals surface area contributed by atoms with Crippen LogP contribution in [-0.4, -0.2) is 0 Å². The van der Waals surface area contributed by atoms with Gasteiger partial charge in [0.1, 0.15) is 0 Å². The lowest BCUT2D eigenvalue weighted by Crippen LogP contribution is -2.29. The average molecular weight is 301 g/mol. The van der Waals surface area contributed by atoms with E-state index in [1.165, 1.54) is 10.4 Å². The Kier molecular flexibility index (Phi) is 4.65. The normalized spacial score (nSPS) is 12.7. The van der Waals surface area contributed by atoms with E-state index in [1.54, 1.807) is 17.4 Å². The van der Waals surface area contributed by atoms with E-state index in [0.717, 1.165) is 12.0 Å². The molecule has 1 aromatic carbocycles. The van der Waals surface area contributed by atoms with E-state index in [-0.39, 0.29) is 6.04 Å². The molecule has 0 fully saturated rings. The fraction of sp³-hybridized carbons (Fsp3) is 0.231. The van der Waals surface area contributed by atoms with Crippen LogP contribution in [0.4, 0.5) is 0 Å². The number of rotatable bonds is 4. The molecule has 2 aromatic rings. The van der Waals surface area contributed by atoms with Gasteiger partial charge >= 0.3 is 0 Å². The molecule has 0 aliphatic rings. The molecule has 1 heterocycles. The second-order valence-electron chi connectivity index (χ2n) is 4.09. The zero-order valence-corrected chi connectivity index (χ0v) is 12.2. The highest BCUT2D eigenvalue weighted by molar-refractivity contribution is 7.10. The van der Waals surface area contributed by atoms with Gasteiger partial charge in [-0.25, -0.2) is 0 Å². The van der Waals surface area contributed by atoms with Crippen molar-refractivity contribution in [2.75, 3.05) is 0 Å². The molecule has 0 amide bonds. The van der Waals surface area contributed by atoms with Crippen LogP contribution in [0.2, 0.25) is 10.0 Å². The number of hydrogen-bond acceptors (Lipinski definition) is 3. The first kappa shape index (κ1) is 13.8. The Labute approximate surface area is 121 Å². The minimum Gasteiger partial charge on any atom is -0.271 e. The molecule has 0 saturated carbocycles. The Bertz CT molecular complexity index is 540. The number of benzene rings is 1. The van der Waals surface area contributed by atoms with Gasteiger partial charge in [0, 0.05) is 14.9 Å². The van der Waals surface area contributed by atoms with Gasteiger partial charge in [-0.15, -0.1) is 11.3 Å². The lowest BCUT2D eigenvalue weighted by molar-refractivity contribution is 0.551. The second-order valence-corrected chi connectivity index (χ2v) is 6.06. The molecule has 0 spiro atoms. The van der Waals surface area contributed by atoms with Crippen molar-refractivity contribution in [1.29, 1.82) is 0 Å². The molecule has 1 aromatic heterocycles. The average Bonchev–Trinajstić information content (AvgIpc) is 2.75. The van der Waals surface area contributed by atoms with Crippen molar-refractivity contribution >= 4 is 34.5 Å². The summed E-state index contributed by atoms with van der Waals surface area (Å²) in [5, 5.41) is 3.39. The van der Waals surface area contributed by atoms with Gasteiger partial charge < -0.3 is 0 Å². The Morgan fingerprint density at radius 1 is 1.33 bits per heavy atom. The predicted octanol–water partition coefficient (Wildman–Crippen LogP) is 4.11. The molecule has 1 atom stereocenters. The van der Waals surface area contributed by atoms with Crippen LogP contribution in [0.5, 0.6) is 0 Å². The van der Waals surface area contributed by atoms with Crippen molar-refractivity contribution in [2.24, 2.45) is 5.84 Å². The van der Waals surface area contributed by atoms with Crippen LogP contribution in [0.25, 0.3) is 0 Å². The monoisotopic (exact) mass is 300 g/mol. The summed E-state index contributed by atoms with van der Waals surface area (Å²) in [6.45, 7) is 2.09.